The first-order valence-electron chi connectivity index (χ1n) is 6.44. The van der Waals surface area contributed by atoms with Crippen molar-refractivity contribution < 1.29 is 26.9 Å². The normalized spacial score (nSPS) is 18.7. The van der Waals surface area contributed by atoms with Crippen LogP contribution in [0.15, 0.2) is 24.3 Å². The van der Waals surface area contributed by atoms with Gasteiger partial charge in [0.25, 0.3) is 10.1 Å². The molecule has 0 aliphatic carbocycles. The molecule has 8 heteroatoms. The monoisotopic (exact) mass is 315 g/mol. The van der Waals surface area contributed by atoms with Crippen molar-refractivity contribution in [2.75, 3.05) is 30.9 Å². The Labute approximate surface area is 123 Å². The third-order valence-corrected chi connectivity index (χ3v) is 3.37. The van der Waals surface area contributed by atoms with Crippen molar-refractivity contribution >= 4 is 21.9 Å². The van der Waals surface area contributed by atoms with Gasteiger partial charge < -0.3 is 9.47 Å². The van der Waals surface area contributed by atoms with Crippen LogP contribution >= 0.6 is 0 Å². The molecule has 1 amide bonds. The van der Waals surface area contributed by atoms with Gasteiger partial charge in [0.2, 0.25) is 0 Å². The average Bonchev–Trinajstić information content (AvgIpc) is 2.78. The fourth-order valence-electron chi connectivity index (χ4n) is 1.91. The number of carbonyl (C=O) groups excluding carboxylic acids is 1. The highest BCUT2D eigenvalue weighted by Crippen LogP contribution is 2.24. The summed E-state index contributed by atoms with van der Waals surface area (Å²) in [6.07, 6.45) is -0.186. The SMILES string of the molecule is CCOc1ccc(N2C[C@@H](COS(C)(=O)=O)OC2=O)cc1. The molecular weight excluding hydrogens is 298 g/mol. The van der Waals surface area contributed by atoms with E-state index in [2.05, 4.69) is 4.18 Å². The summed E-state index contributed by atoms with van der Waals surface area (Å²) < 4.78 is 36.9. The molecule has 0 bridgehead atoms. The zero-order valence-electron chi connectivity index (χ0n) is 11.8. The summed E-state index contributed by atoms with van der Waals surface area (Å²) in [4.78, 5) is 13.2. The van der Waals surface area contributed by atoms with Crippen LogP contribution in [0.2, 0.25) is 0 Å². The zero-order chi connectivity index (χ0) is 15.5. The van der Waals surface area contributed by atoms with Gasteiger partial charge in [-0.3, -0.25) is 9.08 Å². The van der Waals surface area contributed by atoms with E-state index in [9.17, 15) is 13.2 Å². The van der Waals surface area contributed by atoms with E-state index in [1.807, 2.05) is 6.92 Å². The first-order valence-corrected chi connectivity index (χ1v) is 8.26. The van der Waals surface area contributed by atoms with E-state index in [0.29, 0.717) is 18.0 Å². The minimum atomic E-state index is -3.55. The van der Waals surface area contributed by atoms with E-state index >= 15 is 0 Å². The predicted octanol–water partition coefficient (Wildman–Crippen LogP) is 1.39. The molecule has 0 saturated carbocycles. The van der Waals surface area contributed by atoms with Crippen molar-refractivity contribution in [3.05, 3.63) is 24.3 Å². The second-order valence-corrected chi connectivity index (χ2v) is 6.18. The van der Waals surface area contributed by atoms with Crippen molar-refractivity contribution in [2.24, 2.45) is 0 Å². The molecule has 1 atom stereocenters. The minimum absolute atomic E-state index is 0.182. The molecule has 1 saturated heterocycles. The van der Waals surface area contributed by atoms with Gasteiger partial charge in [-0.15, -0.1) is 0 Å². The summed E-state index contributed by atoms with van der Waals surface area (Å²) >= 11 is 0. The number of carbonyl (C=O) groups is 1. The summed E-state index contributed by atoms with van der Waals surface area (Å²) in [5, 5.41) is 0. The molecule has 0 aromatic heterocycles. The van der Waals surface area contributed by atoms with E-state index < -0.39 is 22.3 Å². The molecule has 0 radical (unpaired) electrons. The average molecular weight is 315 g/mol. The van der Waals surface area contributed by atoms with Crippen LogP contribution in [-0.2, 0) is 19.0 Å². The highest BCUT2D eigenvalue weighted by Gasteiger charge is 2.33. The Bertz CT molecular complexity index is 598. The van der Waals surface area contributed by atoms with Gasteiger partial charge in [0.15, 0.2) is 0 Å². The Morgan fingerprint density at radius 2 is 2.00 bits per heavy atom. The minimum Gasteiger partial charge on any atom is -0.494 e. The lowest BCUT2D eigenvalue weighted by molar-refractivity contribution is 0.107. The number of ether oxygens (including phenoxy) is 2. The van der Waals surface area contributed by atoms with E-state index in [0.717, 1.165) is 6.26 Å². The Balaban J connectivity index is 1.99. The Morgan fingerprint density at radius 1 is 1.33 bits per heavy atom. The van der Waals surface area contributed by atoms with Crippen molar-refractivity contribution in [3.8, 4) is 5.75 Å². The molecular formula is C13H17NO6S. The maximum Gasteiger partial charge on any atom is 0.414 e. The second-order valence-electron chi connectivity index (χ2n) is 4.53. The van der Waals surface area contributed by atoms with Crippen LogP contribution in [0.1, 0.15) is 6.92 Å². The highest BCUT2D eigenvalue weighted by atomic mass is 32.2. The Kier molecular flexibility index (Phi) is 4.69. The van der Waals surface area contributed by atoms with E-state index in [-0.39, 0.29) is 13.2 Å². The number of amides is 1. The van der Waals surface area contributed by atoms with E-state index in [1.165, 1.54) is 4.90 Å². The van der Waals surface area contributed by atoms with E-state index in [1.54, 1.807) is 24.3 Å². The van der Waals surface area contributed by atoms with Crippen molar-refractivity contribution in [1.29, 1.82) is 0 Å². The summed E-state index contributed by atoms with van der Waals surface area (Å²) in [5.74, 6) is 0.714. The number of rotatable bonds is 6. The lowest BCUT2D eigenvalue weighted by Gasteiger charge is -2.13. The van der Waals surface area contributed by atoms with Crippen molar-refractivity contribution in [1.82, 2.24) is 0 Å². The topological polar surface area (TPSA) is 82.1 Å². The zero-order valence-corrected chi connectivity index (χ0v) is 12.6. The molecule has 1 aromatic rings. The Morgan fingerprint density at radius 3 is 2.57 bits per heavy atom. The molecule has 0 unspecified atom stereocenters. The number of hydrogen-bond donors (Lipinski definition) is 0. The van der Waals surface area contributed by atoms with Gasteiger partial charge in [0, 0.05) is 5.69 Å². The summed E-state index contributed by atoms with van der Waals surface area (Å²) in [6, 6.07) is 7.00. The quantitative estimate of drug-likeness (QED) is 0.738. The molecule has 7 nitrogen and oxygen atoms in total. The molecule has 0 N–H and O–H groups in total. The van der Waals surface area contributed by atoms with Crippen LogP contribution in [0.25, 0.3) is 0 Å². The molecule has 1 aromatic carbocycles. The van der Waals surface area contributed by atoms with Crippen LogP contribution in [0.5, 0.6) is 5.75 Å². The van der Waals surface area contributed by atoms with Gasteiger partial charge in [-0.2, -0.15) is 8.42 Å². The van der Waals surface area contributed by atoms with Gasteiger partial charge in [-0.1, -0.05) is 0 Å². The molecule has 0 spiro atoms. The summed E-state index contributed by atoms with van der Waals surface area (Å²) in [7, 11) is -3.55. The third kappa shape index (κ3) is 4.33. The smallest absolute Gasteiger partial charge is 0.414 e. The maximum absolute atomic E-state index is 11.8. The van der Waals surface area contributed by atoms with Crippen molar-refractivity contribution in [3.63, 3.8) is 0 Å². The molecule has 1 heterocycles. The fraction of sp³-hybridized carbons (Fsp3) is 0.462. The van der Waals surface area contributed by atoms with Crippen LogP contribution in [0.4, 0.5) is 10.5 Å². The van der Waals surface area contributed by atoms with E-state index in [4.69, 9.17) is 9.47 Å². The second kappa shape index (κ2) is 6.31. The van der Waals surface area contributed by atoms with Crippen LogP contribution in [-0.4, -0.2) is 46.6 Å². The molecule has 1 fully saturated rings. The largest absolute Gasteiger partial charge is 0.494 e. The molecule has 1 aliphatic heterocycles. The van der Waals surface area contributed by atoms with Gasteiger partial charge in [-0.25, -0.2) is 4.79 Å². The predicted molar refractivity (Wildman–Crippen MR) is 76.0 cm³/mol. The fourth-order valence-corrected chi connectivity index (χ4v) is 2.31. The number of cyclic esters (lactones) is 1. The molecule has 2 rings (SSSR count). The van der Waals surface area contributed by atoms with Crippen LogP contribution in [0, 0.1) is 0 Å². The van der Waals surface area contributed by atoms with Gasteiger partial charge in [-0.05, 0) is 31.2 Å². The molecule has 1 aliphatic rings. The molecule has 21 heavy (non-hydrogen) atoms. The van der Waals surface area contributed by atoms with Crippen molar-refractivity contribution in [2.45, 2.75) is 13.0 Å². The first-order chi connectivity index (χ1) is 9.89. The number of benzene rings is 1. The number of anilines is 1. The lowest BCUT2D eigenvalue weighted by Crippen LogP contribution is -2.26. The Hall–Kier alpha value is -1.80. The maximum atomic E-state index is 11.8. The van der Waals surface area contributed by atoms with Crippen LogP contribution in [0.3, 0.4) is 0 Å². The standard InChI is InChI=1S/C13H17NO6S/c1-3-18-11-6-4-10(5-7-11)14-8-12(20-13(14)15)9-19-21(2,16)17/h4-7,12H,3,8-9H2,1-2H3/t12-/m0/s1. The van der Waals surface area contributed by atoms with Gasteiger partial charge in [0.05, 0.1) is 19.4 Å². The number of nitrogens with zero attached hydrogens (tertiary/aromatic N) is 1. The van der Waals surface area contributed by atoms with Gasteiger partial charge >= 0.3 is 6.09 Å². The summed E-state index contributed by atoms with van der Waals surface area (Å²) in [5.41, 5.74) is 0.658. The third-order valence-electron chi connectivity index (χ3n) is 2.80. The van der Waals surface area contributed by atoms with Gasteiger partial charge in [0.1, 0.15) is 18.5 Å². The number of hydrogen-bond acceptors (Lipinski definition) is 6. The molecule has 116 valence electrons. The lowest BCUT2D eigenvalue weighted by atomic mass is 10.2. The first kappa shape index (κ1) is 15.6. The highest BCUT2D eigenvalue weighted by molar-refractivity contribution is 7.85. The van der Waals surface area contributed by atoms with Crippen LogP contribution < -0.4 is 9.64 Å². The summed E-state index contributed by atoms with van der Waals surface area (Å²) in [6.45, 7) is 2.51.